The number of carbonyl (C=O) groups excluding carboxylic acids is 1. The monoisotopic (exact) mass is 316 g/mol. The van der Waals surface area contributed by atoms with E-state index in [1.807, 2.05) is 19.1 Å². The molecule has 0 saturated carbocycles. The van der Waals surface area contributed by atoms with E-state index in [9.17, 15) is 4.79 Å². The normalized spacial score (nSPS) is 10.9. The number of aromatic nitrogens is 3. The number of hydrogen-bond donors (Lipinski definition) is 1. The molecule has 1 N–H and O–H groups in total. The SMILES string of the molecule is CCOC(=O)c1nc(NCc2ccc(C)o2)c2c(C)noc2n1. The van der Waals surface area contributed by atoms with Gasteiger partial charge in [-0.05, 0) is 32.9 Å². The zero-order valence-electron chi connectivity index (χ0n) is 13.0. The van der Waals surface area contributed by atoms with Gasteiger partial charge in [-0.1, -0.05) is 5.16 Å². The van der Waals surface area contributed by atoms with Crippen molar-refractivity contribution >= 4 is 22.9 Å². The summed E-state index contributed by atoms with van der Waals surface area (Å²) < 4.78 is 15.6. The van der Waals surface area contributed by atoms with Crippen molar-refractivity contribution < 1.29 is 18.5 Å². The third-order valence-corrected chi connectivity index (χ3v) is 3.19. The van der Waals surface area contributed by atoms with Gasteiger partial charge in [0.1, 0.15) is 22.7 Å². The number of furan rings is 1. The minimum Gasteiger partial charge on any atom is -0.465 e. The first-order chi connectivity index (χ1) is 11.1. The fourth-order valence-corrected chi connectivity index (χ4v) is 2.16. The zero-order chi connectivity index (χ0) is 16.4. The highest BCUT2D eigenvalue weighted by Crippen LogP contribution is 2.24. The Labute approximate surface area is 131 Å². The summed E-state index contributed by atoms with van der Waals surface area (Å²) in [5, 5.41) is 7.62. The van der Waals surface area contributed by atoms with Crippen LogP contribution in [0.4, 0.5) is 5.82 Å². The first kappa shape index (κ1) is 15.0. The van der Waals surface area contributed by atoms with Crippen LogP contribution in [-0.4, -0.2) is 27.7 Å². The molecule has 8 nitrogen and oxygen atoms in total. The van der Waals surface area contributed by atoms with E-state index in [-0.39, 0.29) is 18.1 Å². The summed E-state index contributed by atoms with van der Waals surface area (Å²) in [6, 6.07) is 3.74. The molecular formula is C15H16N4O4. The van der Waals surface area contributed by atoms with E-state index in [2.05, 4.69) is 20.4 Å². The van der Waals surface area contributed by atoms with Gasteiger partial charge in [0.05, 0.1) is 18.8 Å². The minimum atomic E-state index is -0.611. The first-order valence-corrected chi connectivity index (χ1v) is 7.18. The second-order valence-electron chi connectivity index (χ2n) is 4.93. The summed E-state index contributed by atoms with van der Waals surface area (Å²) in [6.07, 6.45) is 0. The number of nitrogens with one attached hydrogen (secondary N) is 1. The molecule has 0 aliphatic carbocycles. The summed E-state index contributed by atoms with van der Waals surface area (Å²) in [5.74, 6) is 1.34. The van der Waals surface area contributed by atoms with E-state index in [0.29, 0.717) is 23.4 Å². The number of fused-ring (bicyclic) bond motifs is 1. The molecule has 0 amide bonds. The van der Waals surface area contributed by atoms with Gasteiger partial charge < -0.3 is 19.0 Å². The maximum atomic E-state index is 11.9. The lowest BCUT2D eigenvalue weighted by Crippen LogP contribution is -2.12. The highest BCUT2D eigenvalue weighted by Gasteiger charge is 2.19. The van der Waals surface area contributed by atoms with Crippen LogP contribution < -0.4 is 5.32 Å². The Morgan fingerprint density at radius 3 is 2.83 bits per heavy atom. The van der Waals surface area contributed by atoms with Crippen molar-refractivity contribution in [2.45, 2.75) is 27.3 Å². The lowest BCUT2D eigenvalue weighted by atomic mass is 10.3. The van der Waals surface area contributed by atoms with E-state index in [1.54, 1.807) is 13.8 Å². The molecule has 0 fully saturated rings. The minimum absolute atomic E-state index is 0.0753. The molecule has 0 atom stereocenters. The molecule has 3 aromatic rings. The number of carbonyl (C=O) groups is 1. The number of aryl methyl sites for hydroxylation is 2. The van der Waals surface area contributed by atoms with Crippen LogP contribution in [0.5, 0.6) is 0 Å². The highest BCUT2D eigenvalue weighted by molar-refractivity contribution is 5.93. The fourth-order valence-electron chi connectivity index (χ4n) is 2.16. The molecule has 0 radical (unpaired) electrons. The molecule has 0 spiro atoms. The van der Waals surface area contributed by atoms with Gasteiger partial charge in [-0.3, -0.25) is 0 Å². The molecule has 0 bridgehead atoms. The fraction of sp³-hybridized carbons (Fsp3) is 0.333. The highest BCUT2D eigenvalue weighted by atomic mass is 16.5. The second-order valence-corrected chi connectivity index (χ2v) is 4.93. The zero-order valence-corrected chi connectivity index (χ0v) is 13.0. The number of ether oxygens (including phenoxy) is 1. The van der Waals surface area contributed by atoms with E-state index in [0.717, 1.165) is 11.5 Å². The van der Waals surface area contributed by atoms with Gasteiger partial charge in [0, 0.05) is 0 Å². The van der Waals surface area contributed by atoms with Crippen molar-refractivity contribution in [3.05, 3.63) is 35.2 Å². The maximum Gasteiger partial charge on any atom is 0.376 e. The number of rotatable bonds is 5. The third kappa shape index (κ3) is 3.01. The van der Waals surface area contributed by atoms with Crippen molar-refractivity contribution in [2.24, 2.45) is 0 Å². The summed E-state index contributed by atoms with van der Waals surface area (Å²) in [5.41, 5.74) is 0.868. The third-order valence-electron chi connectivity index (χ3n) is 3.19. The van der Waals surface area contributed by atoms with E-state index in [4.69, 9.17) is 13.7 Å². The van der Waals surface area contributed by atoms with Gasteiger partial charge >= 0.3 is 5.97 Å². The smallest absolute Gasteiger partial charge is 0.376 e. The van der Waals surface area contributed by atoms with Crippen LogP contribution in [0.2, 0.25) is 0 Å². The first-order valence-electron chi connectivity index (χ1n) is 7.18. The topological polar surface area (TPSA) is 103 Å². The molecule has 0 saturated heterocycles. The Morgan fingerprint density at radius 1 is 1.30 bits per heavy atom. The van der Waals surface area contributed by atoms with Crippen molar-refractivity contribution in [1.29, 1.82) is 0 Å². The van der Waals surface area contributed by atoms with Crippen LogP contribution in [0.25, 0.3) is 11.1 Å². The van der Waals surface area contributed by atoms with Crippen molar-refractivity contribution in [3.63, 3.8) is 0 Å². The average Bonchev–Trinajstić information content (AvgIpc) is 3.11. The van der Waals surface area contributed by atoms with Gasteiger partial charge in [-0.2, -0.15) is 4.98 Å². The van der Waals surface area contributed by atoms with Crippen LogP contribution in [-0.2, 0) is 11.3 Å². The number of hydrogen-bond acceptors (Lipinski definition) is 8. The Balaban J connectivity index is 1.95. The molecule has 3 aromatic heterocycles. The number of nitrogens with zero attached hydrogens (tertiary/aromatic N) is 3. The average molecular weight is 316 g/mol. The van der Waals surface area contributed by atoms with Crippen molar-refractivity contribution in [3.8, 4) is 0 Å². The molecule has 0 aliphatic rings. The summed E-state index contributed by atoms with van der Waals surface area (Å²) >= 11 is 0. The molecule has 3 heterocycles. The summed E-state index contributed by atoms with van der Waals surface area (Å²) in [6.45, 7) is 6.02. The molecule has 0 aromatic carbocycles. The molecule has 0 aliphatic heterocycles. The Hall–Kier alpha value is -2.90. The lowest BCUT2D eigenvalue weighted by Gasteiger charge is -2.07. The standard InChI is InChI=1S/C15H16N4O4/c1-4-21-15(20)13-17-12(11-9(3)19-23-14(11)18-13)16-7-10-6-5-8(2)22-10/h5-6H,4,7H2,1-3H3,(H,16,17,18). The van der Waals surface area contributed by atoms with Gasteiger partial charge in [-0.15, -0.1) is 0 Å². The van der Waals surface area contributed by atoms with Gasteiger partial charge in [0.15, 0.2) is 0 Å². The largest absolute Gasteiger partial charge is 0.465 e. The van der Waals surface area contributed by atoms with Gasteiger partial charge in [0.2, 0.25) is 5.82 Å². The lowest BCUT2D eigenvalue weighted by molar-refractivity contribution is 0.0512. The van der Waals surface area contributed by atoms with E-state index < -0.39 is 5.97 Å². The molecule has 3 rings (SSSR count). The van der Waals surface area contributed by atoms with Crippen LogP contribution in [0.15, 0.2) is 21.1 Å². The molecule has 8 heteroatoms. The van der Waals surface area contributed by atoms with Gasteiger partial charge in [0.25, 0.3) is 5.71 Å². The Bertz CT molecular complexity index is 852. The van der Waals surface area contributed by atoms with Crippen molar-refractivity contribution in [2.75, 3.05) is 11.9 Å². The molecule has 23 heavy (non-hydrogen) atoms. The van der Waals surface area contributed by atoms with E-state index >= 15 is 0 Å². The maximum absolute atomic E-state index is 11.9. The number of anilines is 1. The number of esters is 1. The quantitative estimate of drug-likeness (QED) is 0.716. The van der Waals surface area contributed by atoms with E-state index in [1.165, 1.54) is 0 Å². The Kier molecular flexibility index (Phi) is 3.96. The second kappa shape index (κ2) is 6.07. The summed E-state index contributed by atoms with van der Waals surface area (Å²) in [7, 11) is 0. The predicted molar refractivity (Wildman–Crippen MR) is 81.1 cm³/mol. The van der Waals surface area contributed by atoms with Gasteiger partial charge in [-0.25, -0.2) is 9.78 Å². The van der Waals surface area contributed by atoms with Crippen LogP contribution in [0.3, 0.4) is 0 Å². The van der Waals surface area contributed by atoms with Crippen molar-refractivity contribution in [1.82, 2.24) is 15.1 Å². The predicted octanol–water partition coefficient (Wildman–Crippen LogP) is 2.62. The van der Waals surface area contributed by atoms with Crippen LogP contribution in [0, 0.1) is 13.8 Å². The van der Waals surface area contributed by atoms with Crippen LogP contribution >= 0.6 is 0 Å². The van der Waals surface area contributed by atoms with Crippen LogP contribution in [0.1, 0.15) is 34.8 Å². The Morgan fingerprint density at radius 2 is 2.13 bits per heavy atom. The molecule has 0 unspecified atom stereocenters. The molecule has 120 valence electrons. The summed E-state index contributed by atoms with van der Waals surface area (Å²) in [4.78, 5) is 20.2. The molecular weight excluding hydrogens is 300 g/mol.